The molecule has 1 heterocycles. The van der Waals surface area contributed by atoms with Crippen LogP contribution in [-0.2, 0) is 19.0 Å². The number of nitrogens with zero attached hydrogens (tertiary/aromatic N) is 2. The van der Waals surface area contributed by atoms with Crippen molar-refractivity contribution >= 4 is 0 Å². The van der Waals surface area contributed by atoms with Gasteiger partial charge in [0, 0.05) is 17.7 Å². The van der Waals surface area contributed by atoms with Crippen LogP contribution in [0.4, 0.5) is 17.6 Å². The normalized spacial score (nSPS) is 16.8. The fourth-order valence-corrected chi connectivity index (χ4v) is 3.46. The summed E-state index contributed by atoms with van der Waals surface area (Å²) in [6.07, 6.45) is -2.18. The second kappa shape index (κ2) is 7.01. The average Bonchev–Trinajstić information content (AvgIpc) is 3.16. The Morgan fingerprint density at radius 2 is 1.68 bits per heavy atom. The minimum atomic E-state index is -4.77. The number of benzene rings is 2. The molecule has 2 aromatic carbocycles. The third kappa shape index (κ3) is 3.52. The van der Waals surface area contributed by atoms with Crippen LogP contribution in [0.1, 0.15) is 23.1 Å². The van der Waals surface area contributed by atoms with E-state index in [-0.39, 0.29) is 29.9 Å². The molecule has 4 rings (SSSR count). The van der Waals surface area contributed by atoms with Gasteiger partial charge in [-0.2, -0.15) is 13.2 Å². The van der Waals surface area contributed by atoms with Crippen LogP contribution >= 0.6 is 0 Å². The number of hydrogen-bond acceptors (Lipinski definition) is 4. The number of hydrogen-bond donors (Lipinski definition) is 1. The van der Waals surface area contributed by atoms with E-state index in [1.165, 1.54) is 5.56 Å². The number of aromatic nitrogens is 2. The monoisotopic (exact) mass is 392 g/mol. The molecule has 0 unspecified atom stereocenters. The Morgan fingerprint density at radius 3 is 2.32 bits per heavy atom. The smallest absolute Gasteiger partial charge is 0.416 e. The number of halogens is 4. The van der Waals surface area contributed by atoms with Crippen molar-refractivity contribution in [1.29, 1.82) is 0 Å². The second-order valence-corrected chi connectivity index (χ2v) is 6.88. The van der Waals surface area contributed by atoms with Gasteiger partial charge in [-0.25, -0.2) is 4.39 Å². The molecule has 146 valence electrons. The summed E-state index contributed by atoms with van der Waals surface area (Å²) in [6, 6.07) is 8.22. The van der Waals surface area contributed by atoms with Crippen LogP contribution < -0.4 is 0 Å². The van der Waals surface area contributed by atoms with Crippen molar-refractivity contribution in [1.82, 2.24) is 10.2 Å². The largest absolute Gasteiger partial charge is 0.419 e. The lowest BCUT2D eigenvalue weighted by atomic mass is 9.83. The summed E-state index contributed by atoms with van der Waals surface area (Å²) in [5.41, 5.74) is 1.70. The van der Waals surface area contributed by atoms with Crippen molar-refractivity contribution in [3.05, 3.63) is 58.9 Å². The molecule has 1 atom stereocenters. The van der Waals surface area contributed by atoms with Crippen LogP contribution in [0.3, 0.4) is 0 Å². The molecule has 0 bridgehead atoms. The maximum Gasteiger partial charge on any atom is 0.419 e. The maximum absolute atomic E-state index is 13.8. The molecular formula is C20H16F4N2O2. The minimum absolute atomic E-state index is 0.0615. The highest BCUT2D eigenvalue weighted by atomic mass is 19.4. The summed E-state index contributed by atoms with van der Waals surface area (Å²) in [7, 11) is 0. The van der Waals surface area contributed by atoms with Gasteiger partial charge in [-0.05, 0) is 66.6 Å². The van der Waals surface area contributed by atoms with Crippen molar-refractivity contribution in [3.8, 4) is 22.9 Å². The van der Waals surface area contributed by atoms with Crippen molar-refractivity contribution in [2.45, 2.75) is 25.4 Å². The van der Waals surface area contributed by atoms with Crippen molar-refractivity contribution in [3.63, 3.8) is 0 Å². The van der Waals surface area contributed by atoms with Crippen LogP contribution in [0, 0.1) is 11.7 Å². The van der Waals surface area contributed by atoms with E-state index in [1.807, 2.05) is 18.2 Å². The van der Waals surface area contributed by atoms with Gasteiger partial charge in [0.1, 0.15) is 5.82 Å². The maximum atomic E-state index is 13.8. The molecule has 4 nitrogen and oxygen atoms in total. The van der Waals surface area contributed by atoms with Gasteiger partial charge in [0.05, 0.1) is 5.56 Å². The number of aliphatic hydroxyl groups is 1. The Hall–Kier alpha value is -2.74. The predicted octanol–water partition coefficient (Wildman–Crippen LogP) is 4.66. The highest BCUT2D eigenvalue weighted by molar-refractivity contribution is 5.60. The molecule has 1 aliphatic rings. The summed E-state index contributed by atoms with van der Waals surface area (Å²) in [6.45, 7) is 0.133. The van der Waals surface area contributed by atoms with Gasteiger partial charge in [-0.1, -0.05) is 6.07 Å². The summed E-state index contributed by atoms with van der Waals surface area (Å²) >= 11 is 0. The Labute approximate surface area is 157 Å². The van der Waals surface area contributed by atoms with Crippen molar-refractivity contribution in [2.75, 3.05) is 6.61 Å². The highest BCUT2D eigenvalue weighted by Crippen LogP contribution is 2.34. The average molecular weight is 392 g/mol. The molecule has 0 spiro atoms. The van der Waals surface area contributed by atoms with E-state index >= 15 is 0 Å². The van der Waals surface area contributed by atoms with Crippen LogP contribution in [0.5, 0.6) is 0 Å². The number of alkyl halides is 3. The van der Waals surface area contributed by atoms with Gasteiger partial charge in [0.15, 0.2) is 0 Å². The molecule has 1 aliphatic carbocycles. The lowest BCUT2D eigenvalue weighted by Gasteiger charge is -2.23. The lowest BCUT2D eigenvalue weighted by molar-refractivity contribution is -0.139. The zero-order valence-corrected chi connectivity index (χ0v) is 14.6. The first-order chi connectivity index (χ1) is 13.3. The van der Waals surface area contributed by atoms with E-state index in [2.05, 4.69) is 10.2 Å². The van der Waals surface area contributed by atoms with E-state index in [1.54, 1.807) is 0 Å². The van der Waals surface area contributed by atoms with E-state index in [0.717, 1.165) is 37.0 Å². The predicted molar refractivity (Wildman–Crippen MR) is 92.7 cm³/mol. The number of rotatable bonds is 3. The zero-order chi connectivity index (χ0) is 19.9. The lowest BCUT2D eigenvalue weighted by Crippen LogP contribution is -2.17. The molecule has 8 heteroatoms. The highest BCUT2D eigenvalue weighted by Gasteiger charge is 2.34. The number of aliphatic hydroxyl groups excluding tert-OH is 1. The quantitative estimate of drug-likeness (QED) is 0.659. The van der Waals surface area contributed by atoms with Crippen molar-refractivity contribution in [2.24, 2.45) is 5.92 Å². The zero-order valence-electron chi connectivity index (χ0n) is 14.6. The molecule has 1 aromatic heterocycles. The summed E-state index contributed by atoms with van der Waals surface area (Å²) in [5, 5.41) is 17.2. The first-order valence-electron chi connectivity index (χ1n) is 8.79. The van der Waals surface area contributed by atoms with Crippen LogP contribution in [0.25, 0.3) is 22.9 Å². The molecule has 0 radical (unpaired) electrons. The summed E-state index contributed by atoms with van der Waals surface area (Å²) in [4.78, 5) is 0. The van der Waals surface area contributed by atoms with E-state index in [0.29, 0.717) is 11.6 Å². The fraction of sp³-hybridized carbons (Fsp3) is 0.300. The Kier molecular flexibility index (Phi) is 4.66. The molecule has 0 saturated heterocycles. The molecule has 0 fully saturated rings. The van der Waals surface area contributed by atoms with Crippen LogP contribution in [-0.4, -0.2) is 21.9 Å². The van der Waals surface area contributed by atoms with Crippen molar-refractivity contribution < 1.29 is 27.1 Å². The molecular weight excluding hydrogens is 376 g/mol. The van der Waals surface area contributed by atoms with Gasteiger partial charge in [-0.15, -0.1) is 10.2 Å². The minimum Gasteiger partial charge on any atom is -0.416 e. The topological polar surface area (TPSA) is 59.2 Å². The van der Waals surface area contributed by atoms with Crippen LogP contribution in [0.15, 0.2) is 40.8 Å². The van der Waals surface area contributed by atoms with E-state index in [9.17, 15) is 22.7 Å². The molecule has 28 heavy (non-hydrogen) atoms. The number of aryl methyl sites for hydroxylation is 1. The van der Waals surface area contributed by atoms with Gasteiger partial charge < -0.3 is 9.52 Å². The van der Waals surface area contributed by atoms with Gasteiger partial charge in [0.2, 0.25) is 11.8 Å². The summed E-state index contributed by atoms with van der Waals surface area (Å²) < 4.78 is 57.4. The third-order valence-electron chi connectivity index (χ3n) is 4.99. The SMILES string of the molecule is OC[C@@H]1CCc2ccc(-c3nnc(-c4ccc(C(F)(F)F)c(F)c4)o3)cc2C1. The summed E-state index contributed by atoms with van der Waals surface area (Å²) in [5.74, 6) is -1.04. The van der Waals surface area contributed by atoms with E-state index < -0.39 is 17.6 Å². The molecule has 1 N–H and O–H groups in total. The second-order valence-electron chi connectivity index (χ2n) is 6.88. The third-order valence-corrected chi connectivity index (χ3v) is 4.99. The Balaban J connectivity index is 1.63. The Morgan fingerprint density at radius 1 is 1.00 bits per heavy atom. The first-order valence-corrected chi connectivity index (χ1v) is 8.79. The number of fused-ring (bicyclic) bond motifs is 1. The molecule has 0 amide bonds. The molecule has 0 saturated carbocycles. The fourth-order valence-electron chi connectivity index (χ4n) is 3.46. The van der Waals surface area contributed by atoms with Gasteiger partial charge in [0.25, 0.3) is 0 Å². The van der Waals surface area contributed by atoms with Gasteiger partial charge in [-0.3, -0.25) is 0 Å². The standard InChI is InChI=1S/C20H16F4N2O2/c21-17-9-14(5-6-16(17)20(22,23)24)19-26-25-18(28-19)13-4-3-12-2-1-11(10-27)7-15(12)8-13/h3-6,8-9,11,27H,1-2,7,10H2/t11-/m1/s1. The van der Waals surface area contributed by atoms with Crippen LogP contribution in [0.2, 0.25) is 0 Å². The molecule has 0 aliphatic heterocycles. The first kappa shape index (κ1) is 18.6. The van der Waals surface area contributed by atoms with Gasteiger partial charge >= 0.3 is 6.18 Å². The van der Waals surface area contributed by atoms with E-state index in [4.69, 9.17) is 4.42 Å². The molecule has 3 aromatic rings. The Bertz CT molecular complexity index is 1010.